The molecule has 1 N–H and O–H groups in total. The summed E-state index contributed by atoms with van der Waals surface area (Å²) >= 11 is 0. The van der Waals surface area contributed by atoms with Crippen LogP contribution in [0.4, 0.5) is 0 Å². The van der Waals surface area contributed by atoms with E-state index in [4.69, 9.17) is 14.6 Å². The fourth-order valence-electron chi connectivity index (χ4n) is 2.21. The Morgan fingerprint density at radius 3 is 2.16 bits per heavy atom. The molecule has 0 saturated carbocycles. The van der Waals surface area contributed by atoms with Crippen molar-refractivity contribution >= 4 is 11.9 Å². The van der Waals surface area contributed by atoms with E-state index in [0.717, 1.165) is 5.56 Å². The number of benzene rings is 2. The summed E-state index contributed by atoms with van der Waals surface area (Å²) in [5.74, 6) is -1.27. The van der Waals surface area contributed by atoms with Crippen molar-refractivity contribution in [2.24, 2.45) is 0 Å². The molecule has 132 valence electrons. The Hall–Kier alpha value is -2.82. The van der Waals surface area contributed by atoms with Gasteiger partial charge in [0.15, 0.2) is 6.10 Å². The van der Waals surface area contributed by atoms with E-state index in [2.05, 4.69) is 20.8 Å². The van der Waals surface area contributed by atoms with Crippen LogP contribution in [0, 0.1) is 0 Å². The first kappa shape index (κ1) is 18.5. The van der Waals surface area contributed by atoms with Gasteiger partial charge in [-0.05, 0) is 42.2 Å². The van der Waals surface area contributed by atoms with Crippen molar-refractivity contribution in [1.29, 1.82) is 0 Å². The predicted octanol–water partition coefficient (Wildman–Crippen LogP) is 4.06. The molecular formula is C20H22O5. The van der Waals surface area contributed by atoms with Gasteiger partial charge < -0.3 is 14.6 Å². The summed E-state index contributed by atoms with van der Waals surface area (Å²) in [5, 5.41) is 9.12. The second-order valence-corrected chi connectivity index (χ2v) is 6.76. The van der Waals surface area contributed by atoms with Gasteiger partial charge in [0.2, 0.25) is 0 Å². The van der Waals surface area contributed by atoms with E-state index in [1.807, 2.05) is 12.1 Å². The van der Waals surface area contributed by atoms with Crippen LogP contribution in [0.25, 0.3) is 0 Å². The average Bonchev–Trinajstić information content (AvgIpc) is 2.54. The number of carbonyl (C=O) groups excluding carboxylic acids is 1. The summed E-state index contributed by atoms with van der Waals surface area (Å²) in [4.78, 5) is 23.3. The zero-order chi connectivity index (χ0) is 18.6. The molecule has 0 amide bonds. The maximum Gasteiger partial charge on any atom is 0.352 e. The molecule has 0 aliphatic carbocycles. The summed E-state index contributed by atoms with van der Waals surface area (Å²) in [6.45, 7) is 7.90. The second-order valence-electron chi connectivity index (χ2n) is 6.76. The number of carboxylic acids is 1. The number of ether oxygens (including phenoxy) is 2. The molecule has 0 heterocycles. The molecule has 0 fully saturated rings. The summed E-state index contributed by atoms with van der Waals surface area (Å²) in [6.07, 6.45) is -0.873. The third-order valence-electron chi connectivity index (χ3n) is 3.69. The van der Waals surface area contributed by atoms with Gasteiger partial charge in [0, 0.05) is 0 Å². The molecule has 1 atom stereocenters. The van der Waals surface area contributed by atoms with Crippen molar-refractivity contribution in [1.82, 2.24) is 0 Å². The Morgan fingerprint density at radius 2 is 1.60 bits per heavy atom. The molecule has 5 nitrogen and oxygen atoms in total. The van der Waals surface area contributed by atoms with Crippen molar-refractivity contribution < 1.29 is 24.2 Å². The van der Waals surface area contributed by atoms with Gasteiger partial charge in [-0.3, -0.25) is 0 Å². The third-order valence-corrected chi connectivity index (χ3v) is 3.69. The fraction of sp³-hybridized carbons (Fsp3) is 0.300. The van der Waals surface area contributed by atoms with Crippen LogP contribution in [-0.4, -0.2) is 23.1 Å². The minimum Gasteiger partial charge on any atom is -0.479 e. The van der Waals surface area contributed by atoms with Crippen molar-refractivity contribution in [3.05, 3.63) is 59.7 Å². The van der Waals surface area contributed by atoms with Crippen LogP contribution in [0.3, 0.4) is 0 Å². The lowest BCUT2D eigenvalue weighted by molar-refractivity contribution is -0.141. The Balaban J connectivity index is 2.05. The molecule has 0 aliphatic heterocycles. The van der Waals surface area contributed by atoms with Gasteiger partial charge in [-0.15, -0.1) is 0 Å². The first-order chi connectivity index (χ1) is 11.7. The predicted molar refractivity (Wildman–Crippen MR) is 94.3 cm³/mol. The van der Waals surface area contributed by atoms with Crippen LogP contribution < -0.4 is 9.47 Å². The molecule has 2 rings (SSSR count). The first-order valence-electron chi connectivity index (χ1n) is 7.99. The van der Waals surface area contributed by atoms with Crippen molar-refractivity contribution in [2.45, 2.75) is 39.2 Å². The Labute approximate surface area is 147 Å². The Kier molecular flexibility index (Phi) is 5.47. The highest BCUT2D eigenvalue weighted by Crippen LogP contribution is 2.25. The largest absolute Gasteiger partial charge is 0.479 e. The van der Waals surface area contributed by atoms with Crippen LogP contribution in [0.1, 0.15) is 43.6 Å². The number of hydrogen-bond acceptors (Lipinski definition) is 4. The molecule has 2 aromatic carbocycles. The molecule has 0 spiro atoms. The Morgan fingerprint density at radius 1 is 1.00 bits per heavy atom. The van der Waals surface area contributed by atoms with Gasteiger partial charge in [-0.1, -0.05) is 45.0 Å². The topological polar surface area (TPSA) is 72.8 Å². The monoisotopic (exact) mass is 342 g/mol. The molecular weight excluding hydrogens is 320 g/mol. The van der Waals surface area contributed by atoms with Gasteiger partial charge >= 0.3 is 11.9 Å². The van der Waals surface area contributed by atoms with Crippen molar-refractivity contribution in [3.8, 4) is 11.5 Å². The van der Waals surface area contributed by atoms with E-state index in [9.17, 15) is 9.59 Å². The number of carboxylic acid groups (broad SMARTS) is 1. The number of carbonyl (C=O) groups is 2. The molecule has 0 aromatic heterocycles. The summed E-state index contributed by atoms with van der Waals surface area (Å²) in [6, 6.07) is 13.5. The Bertz CT molecular complexity index is 756. The van der Waals surface area contributed by atoms with Gasteiger partial charge in [-0.2, -0.15) is 0 Å². The third kappa shape index (κ3) is 4.83. The molecule has 0 saturated heterocycles. The smallest absolute Gasteiger partial charge is 0.352 e. The number of aromatic carboxylic acids is 1. The number of rotatable bonds is 5. The highest BCUT2D eigenvalue weighted by atomic mass is 16.6. The summed E-state index contributed by atoms with van der Waals surface area (Å²) in [5.41, 5.74) is 1.12. The van der Waals surface area contributed by atoms with E-state index in [1.54, 1.807) is 31.2 Å². The quantitative estimate of drug-likeness (QED) is 0.655. The van der Waals surface area contributed by atoms with Gasteiger partial charge in [0.05, 0.1) is 0 Å². The standard InChI is InChI=1S/C20H22O5/c1-13(24-15-11-9-14(10-12-15)20(2,3)4)19(23)25-17-8-6-5-7-16(17)18(21)22/h5-13H,1-4H3,(H,21,22). The zero-order valence-corrected chi connectivity index (χ0v) is 14.8. The zero-order valence-electron chi connectivity index (χ0n) is 14.8. The van der Waals surface area contributed by atoms with Crippen LogP contribution in [-0.2, 0) is 10.2 Å². The molecule has 2 aromatic rings. The maximum atomic E-state index is 12.2. The molecule has 1 unspecified atom stereocenters. The number of hydrogen-bond donors (Lipinski definition) is 1. The lowest BCUT2D eigenvalue weighted by Gasteiger charge is -2.20. The van der Waals surface area contributed by atoms with Crippen LogP contribution in [0.15, 0.2) is 48.5 Å². The molecule has 0 bridgehead atoms. The van der Waals surface area contributed by atoms with Crippen LogP contribution >= 0.6 is 0 Å². The summed E-state index contributed by atoms with van der Waals surface area (Å²) in [7, 11) is 0. The average molecular weight is 342 g/mol. The molecule has 0 radical (unpaired) electrons. The van der Waals surface area contributed by atoms with Crippen LogP contribution in [0.2, 0.25) is 0 Å². The molecule has 5 heteroatoms. The molecule has 0 aliphatic rings. The first-order valence-corrected chi connectivity index (χ1v) is 7.99. The normalized spacial score (nSPS) is 12.3. The molecule has 25 heavy (non-hydrogen) atoms. The van der Waals surface area contributed by atoms with Gasteiger partial charge in [0.1, 0.15) is 17.1 Å². The van der Waals surface area contributed by atoms with E-state index >= 15 is 0 Å². The number of para-hydroxylation sites is 1. The summed E-state index contributed by atoms with van der Waals surface area (Å²) < 4.78 is 10.8. The van der Waals surface area contributed by atoms with Gasteiger partial charge in [0.25, 0.3) is 0 Å². The lowest BCUT2D eigenvalue weighted by atomic mass is 9.87. The maximum absolute atomic E-state index is 12.2. The van der Waals surface area contributed by atoms with E-state index in [-0.39, 0.29) is 16.7 Å². The fourth-order valence-corrected chi connectivity index (χ4v) is 2.21. The van der Waals surface area contributed by atoms with Crippen LogP contribution in [0.5, 0.6) is 11.5 Å². The minimum atomic E-state index is -1.16. The van der Waals surface area contributed by atoms with Crippen molar-refractivity contribution in [2.75, 3.05) is 0 Å². The van der Waals surface area contributed by atoms with E-state index in [1.165, 1.54) is 12.1 Å². The van der Waals surface area contributed by atoms with E-state index in [0.29, 0.717) is 5.75 Å². The highest BCUT2D eigenvalue weighted by molar-refractivity contribution is 5.92. The lowest BCUT2D eigenvalue weighted by Crippen LogP contribution is -2.29. The van der Waals surface area contributed by atoms with E-state index < -0.39 is 18.0 Å². The van der Waals surface area contributed by atoms with Gasteiger partial charge in [-0.25, -0.2) is 9.59 Å². The second kappa shape index (κ2) is 7.38. The highest BCUT2D eigenvalue weighted by Gasteiger charge is 2.21. The number of esters is 1. The minimum absolute atomic E-state index is 0.00136. The SMILES string of the molecule is CC(Oc1ccc(C(C)(C)C)cc1)C(=O)Oc1ccccc1C(=O)O. The van der Waals surface area contributed by atoms with Crippen molar-refractivity contribution in [3.63, 3.8) is 0 Å².